The topological polar surface area (TPSA) is 46.3 Å². The van der Waals surface area contributed by atoms with E-state index in [2.05, 4.69) is 19.1 Å². The maximum Gasteiger partial charge on any atom is 0.222 e. The van der Waals surface area contributed by atoms with Gasteiger partial charge in [-0.3, -0.25) is 4.79 Å². The van der Waals surface area contributed by atoms with Crippen LogP contribution in [-0.2, 0) is 11.2 Å². The predicted octanol–water partition coefficient (Wildman–Crippen LogP) is 2.66. The molecule has 0 heterocycles. The van der Waals surface area contributed by atoms with Gasteiger partial charge in [-0.05, 0) is 50.2 Å². The Morgan fingerprint density at radius 1 is 1.25 bits per heavy atom. The Balaban J connectivity index is 1.84. The number of carbonyl (C=O) groups is 1. The molecule has 1 fully saturated rings. The van der Waals surface area contributed by atoms with Crippen LogP contribution in [0.2, 0.25) is 0 Å². The van der Waals surface area contributed by atoms with E-state index in [9.17, 15) is 4.79 Å². The summed E-state index contributed by atoms with van der Waals surface area (Å²) in [4.78, 5) is 14.3. The van der Waals surface area contributed by atoms with E-state index in [-0.39, 0.29) is 5.91 Å². The molecule has 1 aromatic rings. The number of rotatable bonds is 4. The van der Waals surface area contributed by atoms with Gasteiger partial charge in [0, 0.05) is 25.6 Å². The quantitative estimate of drug-likeness (QED) is 0.917. The zero-order chi connectivity index (χ0) is 14.5. The van der Waals surface area contributed by atoms with Gasteiger partial charge < -0.3 is 10.6 Å². The van der Waals surface area contributed by atoms with Crippen molar-refractivity contribution in [1.29, 1.82) is 0 Å². The first-order valence-corrected chi connectivity index (χ1v) is 7.63. The fraction of sp³-hybridized carbons (Fsp3) is 0.588. The Morgan fingerprint density at radius 2 is 1.90 bits per heavy atom. The molecule has 0 aliphatic heterocycles. The second-order valence-electron chi connectivity index (χ2n) is 6.00. The fourth-order valence-electron chi connectivity index (χ4n) is 3.00. The summed E-state index contributed by atoms with van der Waals surface area (Å²) in [5.74, 6) is 0.258. The fourth-order valence-corrected chi connectivity index (χ4v) is 3.00. The van der Waals surface area contributed by atoms with Crippen LogP contribution >= 0.6 is 0 Å². The smallest absolute Gasteiger partial charge is 0.222 e. The van der Waals surface area contributed by atoms with E-state index in [1.54, 1.807) is 0 Å². The number of nitrogens with two attached hydrogens (primary N) is 1. The minimum absolute atomic E-state index is 0.258. The molecule has 1 saturated carbocycles. The summed E-state index contributed by atoms with van der Waals surface area (Å²) in [5.41, 5.74) is 8.47. The highest BCUT2D eigenvalue weighted by atomic mass is 16.2. The van der Waals surface area contributed by atoms with Gasteiger partial charge in [-0.25, -0.2) is 0 Å². The van der Waals surface area contributed by atoms with Gasteiger partial charge in [0.15, 0.2) is 0 Å². The highest BCUT2D eigenvalue weighted by Crippen LogP contribution is 2.22. The number of hydrogen-bond acceptors (Lipinski definition) is 2. The van der Waals surface area contributed by atoms with E-state index in [1.165, 1.54) is 11.1 Å². The highest BCUT2D eigenvalue weighted by molar-refractivity contribution is 5.76. The van der Waals surface area contributed by atoms with Crippen molar-refractivity contribution >= 4 is 5.91 Å². The number of nitrogens with zero attached hydrogens (tertiary/aromatic N) is 1. The molecule has 0 aromatic heterocycles. The molecule has 0 bridgehead atoms. The van der Waals surface area contributed by atoms with Crippen LogP contribution in [-0.4, -0.2) is 29.9 Å². The Labute approximate surface area is 122 Å². The van der Waals surface area contributed by atoms with E-state index in [1.807, 2.05) is 24.1 Å². The van der Waals surface area contributed by atoms with Crippen LogP contribution in [0.3, 0.4) is 0 Å². The third-order valence-corrected chi connectivity index (χ3v) is 4.55. The maximum absolute atomic E-state index is 12.3. The average Bonchev–Trinajstić information content (AvgIpc) is 2.46. The van der Waals surface area contributed by atoms with Crippen molar-refractivity contribution in [3.05, 3.63) is 35.4 Å². The molecule has 3 heteroatoms. The van der Waals surface area contributed by atoms with Gasteiger partial charge >= 0.3 is 0 Å². The van der Waals surface area contributed by atoms with Gasteiger partial charge in [0.05, 0.1) is 0 Å². The van der Waals surface area contributed by atoms with Crippen LogP contribution in [0.1, 0.15) is 43.2 Å². The lowest BCUT2D eigenvalue weighted by molar-refractivity contribution is -0.132. The first kappa shape index (κ1) is 15.0. The monoisotopic (exact) mass is 274 g/mol. The van der Waals surface area contributed by atoms with Crippen LogP contribution in [0.25, 0.3) is 0 Å². The molecule has 0 radical (unpaired) electrons. The summed E-state index contributed by atoms with van der Waals surface area (Å²) >= 11 is 0. The number of carbonyl (C=O) groups excluding carboxylic acids is 1. The highest BCUT2D eigenvalue weighted by Gasteiger charge is 2.24. The third-order valence-electron chi connectivity index (χ3n) is 4.55. The van der Waals surface area contributed by atoms with E-state index < -0.39 is 0 Å². The van der Waals surface area contributed by atoms with Crippen LogP contribution in [0.5, 0.6) is 0 Å². The van der Waals surface area contributed by atoms with E-state index in [4.69, 9.17) is 5.73 Å². The molecular formula is C17H26N2O. The van der Waals surface area contributed by atoms with Crippen molar-refractivity contribution in [3.63, 3.8) is 0 Å². The Kier molecular flexibility index (Phi) is 5.18. The zero-order valence-corrected chi connectivity index (χ0v) is 12.6. The van der Waals surface area contributed by atoms with E-state index in [0.29, 0.717) is 18.5 Å². The van der Waals surface area contributed by atoms with Gasteiger partial charge in [-0.2, -0.15) is 0 Å². The summed E-state index contributed by atoms with van der Waals surface area (Å²) < 4.78 is 0. The molecule has 20 heavy (non-hydrogen) atoms. The molecule has 110 valence electrons. The van der Waals surface area contributed by atoms with Crippen LogP contribution in [0.15, 0.2) is 24.3 Å². The van der Waals surface area contributed by atoms with Gasteiger partial charge in [0.2, 0.25) is 5.91 Å². The first-order chi connectivity index (χ1) is 9.58. The number of benzene rings is 1. The Bertz CT molecular complexity index is 450. The number of hydrogen-bond donors (Lipinski definition) is 1. The van der Waals surface area contributed by atoms with Crippen LogP contribution in [0, 0.1) is 6.92 Å². The van der Waals surface area contributed by atoms with Gasteiger partial charge in [0.25, 0.3) is 0 Å². The Hall–Kier alpha value is -1.35. The molecule has 3 nitrogen and oxygen atoms in total. The second kappa shape index (κ2) is 6.89. The van der Waals surface area contributed by atoms with Gasteiger partial charge in [0.1, 0.15) is 0 Å². The lowest BCUT2D eigenvalue weighted by Gasteiger charge is -2.33. The average molecular weight is 274 g/mol. The number of aryl methyl sites for hydroxylation is 2. The minimum Gasteiger partial charge on any atom is -0.343 e. The first-order valence-electron chi connectivity index (χ1n) is 7.63. The van der Waals surface area contributed by atoms with Crippen molar-refractivity contribution in [1.82, 2.24) is 4.90 Å². The minimum atomic E-state index is 0.258. The molecule has 0 atom stereocenters. The summed E-state index contributed by atoms with van der Waals surface area (Å²) in [7, 11) is 1.95. The molecule has 1 aromatic carbocycles. The molecule has 2 N–H and O–H groups in total. The van der Waals surface area contributed by atoms with Gasteiger partial charge in [-0.1, -0.05) is 24.3 Å². The van der Waals surface area contributed by atoms with Crippen molar-refractivity contribution < 1.29 is 4.79 Å². The molecule has 2 rings (SSSR count). The SMILES string of the molecule is Cc1ccccc1CCC(=O)N(C)C1CCC(N)CC1. The van der Waals surface area contributed by atoms with Crippen LogP contribution in [0.4, 0.5) is 0 Å². The van der Waals surface area contributed by atoms with Crippen molar-refractivity contribution in [2.75, 3.05) is 7.05 Å². The number of amides is 1. The summed E-state index contributed by atoms with van der Waals surface area (Å²) in [6, 6.07) is 9.02. The van der Waals surface area contributed by atoms with E-state index >= 15 is 0 Å². The Morgan fingerprint density at radius 3 is 2.55 bits per heavy atom. The van der Waals surface area contributed by atoms with Gasteiger partial charge in [-0.15, -0.1) is 0 Å². The molecule has 0 unspecified atom stereocenters. The van der Waals surface area contributed by atoms with Crippen LogP contribution < -0.4 is 5.73 Å². The molecule has 0 spiro atoms. The summed E-state index contributed by atoms with van der Waals surface area (Å²) in [6.45, 7) is 2.10. The molecular weight excluding hydrogens is 248 g/mol. The zero-order valence-electron chi connectivity index (χ0n) is 12.6. The van der Waals surface area contributed by atoms with Crippen molar-refractivity contribution in [3.8, 4) is 0 Å². The molecule has 1 aliphatic carbocycles. The summed E-state index contributed by atoms with van der Waals surface area (Å²) in [5, 5.41) is 0. The second-order valence-corrected chi connectivity index (χ2v) is 6.00. The molecule has 1 aliphatic rings. The van der Waals surface area contributed by atoms with Crippen molar-refractivity contribution in [2.45, 2.75) is 57.5 Å². The lowest BCUT2D eigenvalue weighted by Crippen LogP contribution is -2.41. The van der Waals surface area contributed by atoms with E-state index in [0.717, 1.165) is 32.1 Å². The summed E-state index contributed by atoms with van der Waals surface area (Å²) in [6.07, 6.45) is 5.62. The van der Waals surface area contributed by atoms with Crippen molar-refractivity contribution in [2.24, 2.45) is 5.73 Å². The molecule has 0 saturated heterocycles. The third kappa shape index (κ3) is 3.83. The lowest BCUT2D eigenvalue weighted by atomic mass is 9.90. The predicted molar refractivity (Wildman–Crippen MR) is 82.5 cm³/mol. The molecule has 1 amide bonds. The maximum atomic E-state index is 12.3. The largest absolute Gasteiger partial charge is 0.343 e. The standard InChI is InChI=1S/C17H26N2O/c1-13-5-3-4-6-14(13)7-12-17(20)19(2)16-10-8-15(18)9-11-16/h3-6,15-16H,7-12,18H2,1-2H3. The normalized spacial score (nSPS) is 22.6.